The number of benzene rings is 2. The fourth-order valence-electron chi connectivity index (χ4n) is 2.02. The summed E-state index contributed by atoms with van der Waals surface area (Å²) < 4.78 is 3.45. The molecule has 0 unspecified atom stereocenters. The number of halogens is 4. The molecule has 2 aromatic rings. The summed E-state index contributed by atoms with van der Waals surface area (Å²) in [6.07, 6.45) is 1.02. The molecular weight excluding hydrogens is 584 g/mol. The van der Waals surface area contributed by atoms with Gasteiger partial charge in [-0.15, -0.1) is 0 Å². The molecule has 0 aliphatic rings. The van der Waals surface area contributed by atoms with E-state index in [4.69, 9.17) is 0 Å². The highest BCUT2D eigenvalue weighted by Gasteiger charge is 2.09. The van der Waals surface area contributed by atoms with Crippen LogP contribution in [0.5, 0.6) is 0 Å². The second-order valence-corrected chi connectivity index (χ2v) is 8.74. The average molecular weight is 598 g/mol. The lowest BCUT2D eigenvalue weighted by Gasteiger charge is -2.09. The summed E-state index contributed by atoms with van der Waals surface area (Å²) >= 11 is 13.5. The van der Waals surface area contributed by atoms with E-state index >= 15 is 0 Å². The van der Waals surface area contributed by atoms with Crippen molar-refractivity contribution in [2.24, 2.45) is 0 Å². The minimum Gasteiger partial charge on any atom is -0.325 e. The van der Waals surface area contributed by atoms with Crippen LogP contribution in [-0.2, 0) is 9.59 Å². The quantitative estimate of drug-likeness (QED) is 0.400. The Labute approximate surface area is 179 Å². The minimum atomic E-state index is -0.124. The van der Waals surface area contributed by atoms with E-state index in [9.17, 15) is 9.59 Å². The van der Waals surface area contributed by atoms with Crippen molar-refractivity contribution in [3.05, 3.63) is 54.3 Å². The van der Waals surface area contributed by atoms with Gasteiger partial charge in [-0.2, -0.15) is 0 Å². The van der Waals surface area contributed by atoms with Crippen LogP contribution in [0, 0.1) is 0 Å². The van der Waals surface area contributed by atoms with Gasteiger partial charge in [0.05, 0.1) is 11.4 Å². The molecule has 0 saturated carbocycles. The maximum atomic E-state index is 12.0. The molecule has 0 heterocycles. The number of nitrogens with one attached hydrogen (secondary N) is 2. The van der Waals surface area contributed by atoms with Crippen molar-refractivity contribution >= 4 is 86.9 Å². The van der Waals surface area contributed by atoms with Crippen LogP contribution in [0.4, 0.5) is 11.4 Å². The van der Waals surface area contributed by atoms with E-state index in [-0.39, 0.29) is 24.7 Å². The zero-order valence-corrected chi connectivity index (χ0v) is 19.3. The molecule has 2 aromatic carbocycles. The minimum absolute atomic E-state index is 0.124. The van der Waals surface area contributed by atoms with E-state index in [1.807, 2.05) is 36.4 Å². The summed E-state index contributed by atoms with van der Waals surface area (Å²) in [4.78, 5) is 24.0. The molecule has 0 bridgehead atoms. The number of anilines is 2. The maximum absolute atomic E-state index is 12.0. The van der Waals surface area contributed by atoms with Gasteiger partial charge in [0.25, 0.3) is 0 Å². The van der Waals surface area contributed by atoms with Crippen LogP contribution in [0.2, 0.25) is 0 Å². The molecule has 132 valence electrons. The third kappa shape index (κ3) is 6.84. The molecule has 0 aliphatic heterocycles. The van der Waals surface area contributed by atoms with Crippen molar-refractivity contribution in [1.29, 1.82) is 0 Å². The van der Waals surface area contributed by atoms with Gasteiger partial charge in [-0.05, 0) is 74.7 Å². The highest BCUT2D eigenvalue weighted by molar-refractivity contribution is 9.11. The number of amides is 2. The Hall–Kier alpha value is -0.700. The van der Waals surface area contributed by atoms with E-state index in [2.05, 4.69) is 74.4 Å². The largest absolute Gasteiger partial charge is 0.325 e. The molecule has 0 radical (unpaired) electrons. The van der Waals surface area contributed by atoms with Crippen molar-refractivity contribution in [1.82, 2.24) is 0 Å². The van der Waals surface area contributed by atoms with Gasteiger partial charge in [0, 0.05) is 30.7 Å². The summed E-state index contributed by atoms with van der Waals surface area (Å²) in [7, 11) is 0. The van der Waals surface area contributed by atoms with Crippen molar-refractivity contribution in [3.63, 3.8) is 0 Å². The van der Waals surface area contributed by atoms with Crippen LogP contribution in [0.3, 0.4) is 0 Å². The number of hydrogen-bond acceptors (Lipinski definition) is 2. The Balaban J connectivity index is 1.77. The Morgan fingerprint density at radius 3 is 1.48 bits per heavy atom. The Kier molecular flexibility index (Phi) is 8.12. The molecule has 2 amide bonds. The molecule has 0 aromatic heterocycles. The third-order valence-electron chi connectivity index (χ3n) is 3.22. The van der Waals surface area contributed by atoms with Gasteiger partial charge in [-0.25, -0.2) is 0 Å². The Morgan fingerprint density at radius 1 is 0.720 bits per heavy atom. The zero-order chi connectivity index (χ0) is 18.4. The molecule has 0 saturated heterocycles. The fourth-order valence-corrected chi connectivity index (χ4v) is 4.31. The summed E-state index contributed by atoms with van der Waals surface area (Å²) in [5, 5.41) is 5.65. The number of hydrogen-bond donors (Lipinski definition) is 2. The number of rotatable bonds is 6. The van der Waals surface area contributed by atoms with Gasteiger partial charge in [0.2, 0.25) is 11.8 Å². The smallest absolute Gasteiger partial charge is 0.224 e. The summed E-state index contributed by atoms with van der Waals surface area (Å²) in [6.45, 7) is 0. The lowest BCUT2D eigenvalue weighted by molar-refractivity contribution is -0.117. The summed E-state index contributed by atoms with van der Waals surface area (Å²) in [5.74, 6) is -0.249. The monoisotopic (exact) mass is 594 g/mol. The van der Waals surface area contributed by atoms with E-state index in [0.29, 0.717) is 17.8 Å². The summed E-state index contributed by atoms with van der Waals surface area (Å²) in [5.41, 5.74) is 1.41. The average Bonchev–Trinajstić information content (AvgIpc) is 2.53. The normalized spacial score (nSPS) is 10.4. The first-order valence-corrected chi connectivity index (χ1v) is 10.5. The van der Waals surface area contributed by atoms with Gasteiger partial charge in [-0.1, -0.05) is 31.9 Å². The second kappa shape index (κ2) is 9.85. The zero-order valence-electron chi connectivity index (χ0n) is 12.9. The Morgan fingerprint density at radius 2 is 1.12 bits per heavy atom. The van der Waals surface area contributed by atoms with Crippen LogP contribution in [-0.4, -0.2) is 11.8 Å². The Bertz CT molecular complexity index is 731. The van der Waals surface area contributed by atoms with E-state index in [1.54, 1.807) is 0 Å². The highest BCUT2D eigenvalue weighted by Crippen LogP contribution is 2.27. The molecule has 8 heteroatoms. The van der Waals surface area contributed by atoms with Crippen LogP contribution in [0.1, 0.15) is 19.3 Å². The first-order chi connectivity index (χ1) is 11.8. The molecule has 2 rings (SSSR count). The first-order valence-electron chi connectivity index (χ1n) is 7.35. The molecule has 25 heavy (non-hydrogen) atoms. The van der Waals surface area contributed by atoms with Crippen LogP contribution in [0.25, 0.3) is 0 Å². The molecule has 4 nitrogen and oxygen atoms in total. The second-order valence-electron chi connectivity index (χ2n) is 5.20. The number of carbonyl (C=O) groups excluding carboxylic acids is 2. The maximum Gasteiger partial charge on any atom is 0.224 e. The standard InChI is InChI=1S/C17H14Br4N2O2/c18-10-4-6-14(12(20)8-10)22-16(24)2-1-3-17(25)23-15-7-5-11(19)9-13(15)21/h4-9H,1-3H2,(H,22,24)(H,23,25). The third-order valence-corrected chi connectivity index (χ3v) is 5.52. The SMILES string of the molecule is O=C(CCCC(=O)Nc1ccc(Br)cc1Br)Nc1ccc(Br)cc1Br. The summed E-state index contributed by atoms with van der Waals surface area (Å²) in [6, 6.07) is 11.0. The predicted molar refractivity (Wildman–Crippen MR) is 115 cm³/mol. The van der Waals surface area contributed by atoms with E-state index < -0.39 is 0 Å². The number of carbonyl (C=O) groups is 2. The molecule has 0 spiro atoms. The van der Waals surface area contributed by atoms with Crippen LogP contribution in [0.15, 0.2) is 54.3 Å². The van der Waals surface area contributed by atoms with Gasteiger partial charge >= 0.3 is 0 Å². The molecule has 2 N–H and O–H groups in total. The molecule has 0 fully saturated rings. The van der Waals surface area contributed by atoms with Crippen molar-refractivity contribution in [2.75, 3.05) is 10.6 Å². The van der Waals surface area contributed by atoms with Gasteiger partial charge in [0.15, 0.2) is 0 Å². The van der Waals surface area contributed by atoms with E-state index in [0.717, 1.165) is 17.9 Å². The van der Waals surface area contributed by atoms with Crippen LogP contribution < -0.4 is 10.6 Å². The molecular formula is C17H14Br4N2O2. The van der Waals surface area contributed by atoms with E-state index in [1.165, 1.54) is 0 Å². The molecule has 0 aliphatic carbocycles. The lowest BCUT2D eigenvalue weighted by Crippen LogP contribution is -2.15. The van der Waals surface area contributed by atoms with Crippen LogP contribution >= 0.6 is 63.7 Å². The van der Waals surface area contributed by atoms with Gasteiger partial charge < -0.3 is 10.6 Å². The first kappa shape index (κ1) is 20.6. The highest BCUT2D eigenvalue weighted by atomic mass is 79.9. The molecule has 0 atom stereocenters. The van der Waals surface area contributed by atoms with Gasteiger partial charge in [-0.3, -0.25) is 9.59 Å². The van der Waals surface area contributed by atoms with Crippen molar-refractivity contribution < 1.29 is 9.59 Å². The lowest BCUT2D eigenvalue weighted by atomic mass is 10.2. The predicted octanol–water partition coefficient (Wildman–Crippen LogP) is 6.48. The fraction of sp³-hybridized carbons (Fsp3) is 0.176. The van der Waals surface area contributed by atoms with Crippen molar-refractivity contribution in [3.8, 4) is 0 Å². The van der Waals surface area contributed by atoms with Crippen molar-refractivity contribution in [2.45, 2.75) is 19.3 Å². The topological polar surface area (TPSA) is 58.2 Å². The van der Waals surface area contributed by atoms with Gasteiger partial charge in [0.1, 0.15) is 0 Å².